The van der Waals surface area contributed by atoms with Gasteiger partial charge in [0.2, 0.25) is 0 Å². The van der Waals surface area contributed by atoms with Gasteiger partial charge in [0.15, 0.2) is 0 Å². The molecule has 0 radical (unpaired) electrons. The summed E-state index contributed by atoms with van der Waals surface area (Å²) in [5.74, 6) is 0.0225. The molecule has 0 heterocycles. The highest BCUT2D eigenvalue weighted by atomic mass is 16.5. The number of nitrogens with one attached hydrogen (secondary N) is 1. The summed E-state index contributed by atoms with van der Waals surface area (Å²) < 4.78 is 5.63. The maximum absolute atomic E-state index is 10.9. The van der Waals surface area contributed by atoms with E-state index in [-0.39, 0.29) is 0 Å². The third-order valence-corrected chi connectivity index (χ3v) is 3.46. The topological polar surface area (TPSA) is 58.6 Å². The lowest BCUT2D eigenvalue weighted by Crippen LogP contribution is -2.17. The molecule has 23 heavy (non-hydrogen) atoms. The van der Waals surface area contributed by atoms with Crippen LogP contribution in [0, 0.1) is 0 Å². The molecular formula is C19H23NO3. The van der Waals surface area contributed by atoms with Crippen molar-refractivity contribution in [2.45, 2.75) is 26.3 Å². The molecule has 122 valence electrons. The third kappa shape index (κ3) is 5.75. The van der Waals surface area contributed by atoms with E-state index < -0.39 is 5.97 Å². The summed E-state index contributed by atoms with van der Waals surface area (Å²) in [6.45, 7) is 4.32. The van der Waals surface area contributed by atoms with Gasteiger partial charge in [0.05, 0.1) is 12.2 Å². The lowest BCUT2D eigenvalue weighted by atomic mass is 10.1. The average molecular weight is 313 g/mol. The van der Waals surface area contributed by atoms with E-state index in [0.29, 0.717) is 12.1 Å². The van der Waals surface area contributed by atoms with Crippen LogP contribution in [-0.2, 0) is 13.0 Å². The molecule has 2 aromatic carbocycles. The molecule has 0 spiro atoms. The predicted octanol–water partition coefficient (Wildman–Crippen LogP) is 3.51. The van der Waals surface area contributed by atoms with Crippen molar-refractivity contribution in [3.8, 4) is 5.75 Å². The van der Waals surface area contributed by atoms with Gasteiger partial charge in [-0.15, -0.1) is 0 Å². The Bertz CT molecular complexity index is 640. The molecule has 0 aromatic heterocycles. The summed E-state index contributed by atoms with van der Waals surface area (Å²) in [4.78, 5) is 10.9. The van der Waals surface area contributed by atoms with Gasteiger partial charge in [-0.05, 0) is 54.8 Å². The van der Waals surface area contributed by atoms with E-state index in [4.69, 9.17) is 9.84 Å². The van der Waals surface area contributed by atoms with Crippen LogP contribution in [0.1, 0.15) is 34.8 Å². The molecule has 0 aliphatic rings. The zero-order chi connectivity index (χ0) is 16.5. The normalized spacial score (nSPS) is 10.5. The van der Waals surface area contributed by atoms with Gasteiger partial charge in [0.1, 0.15) is 5.75 Å². The summed E-state index contributed by atoms with van der Waals surface area (Å²) in [6, 6.07) is 15.2. The van der Waals surface area contributed by atoms with Crippen LogP contribution in [0.15, 0.2) is 48.5 Å². The lowest BCUT2D eigenvalue weighted by Gasteiger charge is -2.08. The van der Waals surface area contributed by atoms with Crippen LogP contribution in [0.4, 0.5) is 0 Å². The first-order chi connectivity index (χ1) is 11.2. The molecule has 2 N–H and O–H groups in total. The second-order valence-electron chi connectivity index (χ2n) is 5.43. The zero-order valence-electron chi connectivity index (χ0n) is 13.4. The largest absolute Gasteiger partial charge is 0.494 e. The monoisotopic (exact) mass is 313 g/mol. The smallest absolute Gasteiger partial charge is 0.335 e. The van der Waals surface area contributed by atoms with E-state index in [1.54, 1.807) is 18.2 Å². The molecule has 0 unspecified atom stereocenters. The van der Waals surface area contributed by atoms with Crippen LogP contribution in [0.2, 0.25) is 0 Å². The summed E-state index contributed by atoms with van der Waals surface area (Å²) in [7, 11) is 0. The van der Waals surface area contributed by atoms with E-state index in [1.807, 2.05) is 18.2 Å². The molecule has 2 rings (SSSR count). The van der Waals surface area contributed by atoms with Gasteiger partial charge in [-0.25, -0.2) is 4.79 Å². The van der Waals surface area contributed by atoms with Crippen molar-refractivity contribution in [2.24, 2.45) is 0 Å². The van der Waals surface area contributed by atoms with Crippen molar-refractivity contribution >= 4 is 5.97 Å². The SMILES string of the molecule is CCCOc1cccc(CCNCc2cccc(C(=O)O)c2)c1. The molecular weight excluding hydrogens is 290 g/mol. The number of aromatic carboxylic acids is 1. The first-order valence-electron chi connectivity index (χ1n) is 7.93. The van der Waals surface area contributed by atoms with Gasteiger partial charge in [0.25, 0.3) is 0 Å². The third-order valence-electron chi connectivity index (χ3n) is 3.46. The minimum absolute atomic E-state index is 0.324. The molecule has 4 nitrogen and oxygen atoms in total. The second-order valence-corrected chi connectivity index (χ2v) is 5.43. The van der Waals surface area contributed by atoms with Gasteiger partial charge < -0.3 is 15.2 Å². The number of hydrogen-bond acceptors (Lipinski definition) is 3. The Balaban J connectivity index is 1.79. The van der Waals surface area contributed by atoms with Gasteiger partial charge in [-0.3, -0.25) is 0 Å². The number of ether oxygens (including phenoxy) is 1. The molecule has 0 fully saturated rings. The van der Waals surface area contributed by atoms with Crippen molar-refractivity contribution in [1.29, 1.82) is 0 Å². The molecule has 0 aliphatic carbocycles. The van der Waals surface area contributed by atoms with Crippen LogP contribution in [0.3, 0.4) is 0 Å². The van der Waals surface area contributed by atoms with Crippen molar-refractivity contribution in [3.63, 3.8) is 0 Å². The van der Waals surface area contributed by atoms with E-state index in [0.717, 1.165) is 37.3 Å². The van der Waals surface area contributed by atoms with Gasteiger partial charge in [-0.1, -0.05) is 31.2 Å². The Morgan fingerprint density at radius 3 is 2.70 bits per heavy atom. The van der Waals surface area contributed by atoms with Crippen molar-refractivity contribution in [1.82, 2.24) is 5.32 Å². The van der Waals surface area contributed by atoms with E-state index >= 15 is 0 Å². The maximum atomic E-state index is 10.9. The highest BCUT2D eigenvalue weighted by Crippen LogP contribution is 2.14. The molecule has 0 saturated carbocycles. The quantitative estimate of drug-likeness (QED) is 0.696. The van der Waals surface area contributed by atoms with E-state index in [9.17, 15) is 4.79 Å². The van der Waals surface area contributed by atoms with Gasteiger partial charge >= 0.3 is 5.97 Å². The van der Waals surface area contributed by atoms with Crippen molar-refractivity contribution in [2.75, 3.05) is 13.2 Å². The second kappa shape index (κ2) is 8.96. The van der Waals surface area contributed by atoms with Crippen LogP contribution in [0.25, 0.3) is 0 Å². The van der Waals surface area contributed by atoms with Crippen LogP contribution in [0.5, 0.6) is 5.75 Å². The fraction of sp³-hybridized carbons (Fsp3) is 0.316. The Morgan fingerprint density at radius 2 is 1.91 bits per heavy atom. The Labute approximate surface area is 137 Å². The molecule has 0 amide bonds. The summed E-state index contributed by atoms with van der Waals surface area (Å²) in [5, 5.41) is 12.3. The number of rotatable bonds is 9. The van der Waals surface area contributed by atoms with Crippen LogP contribution < -0.4 is 10.1 Å². The molecule has 4 heteroatoms. The summed E-state index contributed by atoms with van der Waals surface area (Å²) >= 11 is 0. The van der Waals surface area contributed by atoms with Crippen molar-refractivity contribution in [3.05, 3.63) is 65.2 Å². The number of carbonyl (C=O) groups is 1. The van der Waals surface area contributed by atoms with Crippen molar-refractivity contribution < 1.29 is 14.6 Å². The molecule has 2 aromatic rings. The standard InChI is InChI=1S/C19H23NO3/c1-2-11-23-18-8-4-5-15(13-18)9-10-20-14-16-6-3-7-17(12-16)19(21)22/h3-8,12-13,20H,2,9-11,14H2,1H3,(H,21,22). The minimum Gasteiger partial charge on any atom is -0.494 e. The summed E-state index contributed by atoms with van der Waals surface area (Å²) in [5.41, 5.74) is 2.53. The number of benzene rings is 2. The number of hydrogen-bond donors (Lipinski definition) is 2. The maximum Gasteiger partial charge on any atom is 0.335 e. The van der Waals surface area contributed by atoms with Gasteiger partial charge in [0, 0.05) is 6.54 Å². The van der Waals surface area contributed by atoms with E-state index in [1.165, 1.54) is 5.56 Å². The molecule has 0 aliphatic heterocycles. The Morgan fingerprint density at radius 1 is 1.13 bits per heavy atom. The Kier molecular flexibility index (Phi) is 6.63. The zero-order valence-corrected chi connectivity index (χ0v) is 13.4. The fourth-order valence-corrected chi connectivity index (χ4v) is 2.29. The predicted molar refractivity (Wildman–Crippen MR) is 91.0 cm³/mol. The fourth-order valence-electron chi connectivity index (χ4n) is 2.29. The van der Waals surface area contributed by atoms with Crippen LogP contribution >= 0.6 is 0 Å². The highest BCUT2D eigenvalue weighted by molar-refractivity contribution is 5.87. The number of carboxylic acids is 1. The minimum atomic E-state index is -0.893. The first-order valence-corrected chi connectivity index (χ1v) is 7.93. The molecule has 0 saturated heterocycles. The highest BCUT2D eigenvalue weighted by Gasteiger charge is 2.03. The average Bonchev–Trinajstić information content (AvgIpc) is 2.57. The van der Waals surface area contributed by atoms with Gasteiger partial charge in [-0.2, -0.15) is 0 Å². The molecule has 0 atom stereocenters. The van der Waals surface area contributed by atoms with Crippen LogP contribution in [-0.4, -0.2) is 24.2 Å². The molecule has 0 bridgehead atoms. The summed E-state index contributed by atoms with van der Waals surface area (Å²) in [6.07, 6.45) is 1.91. The Hall–Kier alpha value is -2.33. The van der Waals surface area contributed by atoms with E-state index in [2.05, 4.69) is 24.4 Å². The first kappa shape index (κ1) is 17.0. The number of carboxylic acid groups (broad SMARTS) is 1. The lowest BCUT2D eigenvalue weighted by molar-refractivity contribution is 0.0696.